The molecular formula is C11H20N2OS. The molecule has 1 atom stereocenters. The Balaban J connectivity index is 2.58. The van der Waals surface area contributed by atoms with Gasteiger partial charge >= 0.3 is 0 Å². The van der Waals surface area contributed by atoms with Gasteiger partial charge in [-0.25, -0.2) is 4.98 Å². The second-order valence-corrected chi connectivity index (χ2v) is 5.29. The van der Waals surface area contributed by atoms with Gasteiger partial charge in [0.2, 0.25) is 0 Å². The van der Waals surface area contributed by atoms with Gasteiger partial charge in [0.15, 0.2) is 0 Å². The number of aliphatic hydroxyl groups excluding tert-OH is 1. The molecule has 0 fully saturated rings. The van der Waals surface area contributed by atoms with Crippen molar-refractivity contribution < 1.29 is 5.11 Å². The van der Waals surface area contributed by atoms with Gasteiger partial charge in [0.05, 0.1) is 16.8 Å². The van der Waals surface area contributed by atoms with Crippen LogP contribution in [0.5, 0.6) is 0 Å². The van der Waals surface area contributed by atoms with Crippen molar-refractivity contribution in [3.8, 4) is 0 Å². The van der Waals surface area contributed by atoms with Crippen LogP contribution in [0.1, 0.15) is 31.5 Å². The van der Waals surface area contributed by atoms with E-state index in [1.54, 1.807) is 11.3 Å². The largest absolute Gasteiger partial charge is 0.392 e. The maximum Gasteiger partial charge on any atom is 0.0897 e. The Bertz CT molecular complexity index is 297. The van der Waals surface area contributed by atoms with E-state index in [2.05, 4.69) is 29.1 Å². The van der Waals surface area contributed by atoms with Gasteiger partial charge in [-0.05, 0) is 27.7 Å². The first-order valence-electron chi connectivity index (χ1n) is 5.32. The second kappa shape index (κ2) is 5.58. The van der Waals surface area contributed by atoms with E-state index in [-0.39, 0.29) is 6.10 Å². The van der Waals surface area contributed by atoms with Crippen molar-refractivity contribution in [2.24, 2.45) is 0 Å². The minimum absolute atomic E-state index is 0.285. The summed E-state index contributed by atoms with van der Waals surface area (Å²) >= 11 is 1.68. The molecule has 1 N–H and O–H groups in total. The predicted octanol–water partition coefficient (Wildman–Crippen LogP) is 2.04. The summed E-state index contributed by atoms with van der Waals surface area (Å²) in [6.45, 7) is 9.65. The zero-order valence-corrected chi connectivity index (χ0v) is 10.7. The maximum atomic E-state index is 9.40. The summed E-state index contributed by atoms with van der Waals surface area (Å²) in [6.07, 6.45) is -0.285. The Morgan fingerprint density at radius 1 is 1.47 bits per heavy atom. The number of nitrogens with zero attached hydrogens (tertiary/aromatic N) is 2. The number of aryl methyl sites for hydroxylation is 1. The molecule has 1 unspecified atom stereocenters. The van der Waals surface area contributed by atoms with Crippen LogP contribution < -0.4 is 0 Å². The summed E-state index contributed by atoms with van der Waals surface area (Å²) in [5, 5.41) is 12.6. The zero-order chi connectivity index (χ0) is 11.4. The van der Waals surface area contributed by atoms with Crippen LogP contribution in [0.2, 0.25) is 0 Å². The lowest BCUT2D eigenvalue weighted by Crippen LogP contribution is -2.36. The summed E-state index contributed by atoms with van der Waals surface area (Å²) in [5.74, 6) is 0. The molecule has 1 aromatic heterocycles. The van der Waals surface area contributed by atoms with Crippen molar-refractivity contribution in [3.63, 3.8) is 0 Å². The molecule has 1 aromatic rings. The van der Waals surface area contributed by atoms with Crippen molar-refractivity contribution in [1.82, 2.24) is 9.88 Å². The smallest absolute Gasteiger partial charge is 0.0897 e. The lowest BCUT2D eigenvalue weighted by molar-refractivity contribution is 0.102. The Morgan fingerprint density at radius 2 is 2.13 bits per heavy atom. The van der Waals surface area contributed by atoms with E-state index in [1.165, 1.54) is 0 Å². The van der Waals surface area contributed by atoms with E-state index in [9.17, 15) is 5.11 Å². The van der Waals surface area contributed by atoms with E-state index in [1.807, 2.05) is 13.8 Å². The molecule has 0 bridgehead atoms. The van der Waals surface area contributed by atoms with Gasteiger partial charge < -0.3 is 5.11 Å². The molecule has 0 spiro atoms. The van der Waals surface area contributed by atoms with Crippen LogP contribution in [0.3, 0.4) is 0 Å². The third-order valence-corrected chi connectivity index (χ3v) is 3.08. The quantitative estimate of drug-likeness (QED) is 0.838. The predicted molar refractivity (Wildman–Crippen MR) is 64.1 cm³/mol. The number of aromatic nitrogens is 1. The summed E-state index contributed by atoms with van der Waals surface area (Å²) in [4.78, 5) is 6.67. The third-order valence-electron chi connectivity index (χ3n) is 2.26. The molecular weight excluding hydrogens is 208 g/mol. The Morgan fingerprint density at radius 3 is 2.53 bits per heavy atom. The van der Waals surface area contributed by atoms with Gasteiger partial charge in [0, 0.05) is 24.5 Å². The molecule has 0 amide bonds. The van der Waals surface area contributed by atoms with Crippen LogP contribution in [0.4, 0.5) is 0 Å². The fourth-order valence-electron chi connectivity index (χ4n) is 1.49. The van der Waals surface area contributed by atoms with Crippen molar-refractivity contribution in [2.75, 3.05) is 6.54 Å². The number of thiazole rings is 1. The van der Waals surface area contributed by atoms with Gasteiger partial charge in [0.1, 0.15) is 0 Å². The van der Waals surface area contributed by atoms with E-state index in [0.29, 0.717) is 12.6 Å². The molecule has 0 saturated heterocycles. The molecule has 0 aromatic carbocycles. The number of hydrogen-bond acceptors (Lipinski definition) is 4. The molecule has 0 aliphatic heterocycles. The SMILES string of the molecule is Cc1nc(CN(CC(C)O)C(C)C)cs1. The first kappa shape index (κ1) is 12.6. The van der Waals surface area contributed by atoms with Crippen molar-refractivity contribution in [2.45, 2.75) is 46.4 Å². The number of aliphatic hydroxyl groups is 1. The average Bonchev–Trinajstić information content (AvgIpc) is 2.49. The van der Waals surface area contributed by atoms with Crippen LogP contribution in [0.25, 0.3) is 0 Å². The highest BCUT2D eigenvalue weighted by Gasteiger charge is 2.13. The van der Waals surface area contributed by atoms with E-state index >= 15 is 0 Å². The van der Waals surface area contributed by atoms with Crippen LogP contribution in [-0.2, 0) is 6.54 Å². The lowest BCUT2D eigenvalue weighted by atomic mass is 10.2. The topological polar surface area (TPSA) is 36.4 Å². The first-order chi connectivity index (χ1) is 6.99. The van der Waals surface area contributed by atoms with Crippen molar-refractivity contribution >= 4 is 11.3 Å². The molecule has 1 heterocycles. The molecule has 0 aliphatic rings. The molecule has 0 aliphatic carbocycles. The lowest BCUT2D eigenvalue weighted by Gasteiger charge is -2.26. The fourth-order valence-corrected chi connectivity index (χ4v) is 2.09. The molecule has 0 saturated carbocycles. The summed E-state index contributed by atoms with van der Waals surface area (Å²) in [6, 6.07) is 0.432. The second-order valence-electron chi connectivity index (χ2n) is 4.23. The number of rotatable bonds is 5. The maximum absolute atomic E-state index is 9.40. The fraction of sp³-hybridized carbons (Fsp3) is 0.727. The van der Waals surface area contributed by atoms with Crippen molar-refractivity contribution in [3.05, 3.63) is 16.1 Å². The highest BCUT2D eigenvalue weighted by atomic mass is 32.1. The molecule has 15 heavy (non-hydrogen) atoms. The van der Waals surface area contributed by atoms with E-state index in [0.717, 1.165) is 17.2 Å². The Kier molecular flexibility index (Phi) is 4.70. The average molecular weight is 228 g/mol. The monoisotopic (exact) mass is 228 g/mol. The van der Waals surface area contributed by atoms with E-state index < -0.39 is 0 Å². The molecule has 86 valence electrons. The molecule has 1 rings (SSSR count). The molecule has 4 heteroatoms. The minimum atomic E-state index is -0.285. The van der Waals surface area contributed by atoms with Crippen LogP contribution in [0, 0.1) is 6.92 Å². The number of hydrogen-bond donors (Lipinski definition) is 1. The first-order valence-corrected chi connectivity index (χ1v) is 6.20. The minimum Gasteiger partial charge on any atom is -0.392 e. The highest BCUT2D eigenvalue weighted by Crippen LogP contribution is 2.12. The Labute approximate surface area is 95.8 Å². The van der Waals surface area contributed by atoms with Crippen LogP contribution in [0.15, 0.2) is 5.38 Å². The van der Waals surface area contributed by atoms with Crippen molar-refractivity contribution in [1.29, 1.82) is 0 Å². The van der Waals surface area contributed by atoms with Gasteiger partial charge in [0.25, 0.3) is 0 Å². The molecule has 0 radical (unpaired) electrons. The van der Waals surface area contributed by atoms with Crippen LogP contribution in [-0.4, -0.2) is 33.7 Å². The van der Waals surface area contributed by atoms with Gasteiger partial charge in [-0.3, -0.25) is 4.90 Å². The molecule has 3 nitrogen and oxygen atoms in total. The van der Waals surface area contributed by atoms with Gasteiger partial charge in [-0.2, -0.15) is 0 Å². The van der Waals surface area contributed by atoms with Gasteiger partial charge in [-0.1, -0.05) is 0 Å². The standard InChI is InChI=1S/C11H20N2OS/c1-8(2)13(5-9(3)14)6-11-7-15-10(4)12-11/h7-9,14H,5-6H2,1-4H3. The Hall–Kier alpha value is -0.450. The normalized spacial score (nSPS) is 13.8. The van der Waals surface area contributed by atoms with E-state index in [4.69, 9.17) is 0 Å². The zero-order valence-electron chi connectivity index (χ0n) is 9.90. The highest BCUT2D eigenvalue weighted by molar-refractivity contribution is 7.09. The van der Waals surface area contributed by atoms with Gasteiger partial charge in [-0.15, -0.1) is 11.3 Å². The summed E-state index contributed by atoms with van der Waals surface area (Å²) < 4.78 is 0. The van der Waals surface area contributed by atoms with Crippen LogP contribution >= 0.6 is 11.3 Å². The third kappa shape index (κ3) is 4.28. The summed E-state index contributed by atoms with van der Waals surface area (Å²) in [7, 11) is 0. The summed E-state index contributed by atoms with van der Waals surface area (Å²) in [5.41, 5.74) is 1.10.